The number of halogens is 2. The van der Waals surface area contributed by atoms with E-state index in [0.29, 0.717) is 28.7 Å². The minimum absolute atomic E-state index is 0.264. The van der Waals surface area contributed by atoms with E-state index in [0.717, 1.165) is 18.4 Å². The second-order valence-corrected chi connectivity index (χ2v) is 6.28. The number of unbranched alkanes of at least 4 members (excludes halogenated alkanes) is 1. The van der Waals surface area contributed by atoms with Crippen LogP contribution in [0, 0.1) is 0 Å². The Kier molecular flexibility index (Phi) is 7.75. The Hall–Kier alpha value is -2.24. The van der Waals surface area contributed by atoms with E-state index >= 15 is 0 Å². The molecule has 138 valence electrons. The van der Waals surface area contributed by atoms with Gasteiger partial charge >= 0.3 is 0 Å². The van der Waals surface area contributed by atoms with Gasteiger partial charge < -0.3 is 9.47 Å². The molecule has 0 heterocycles. The highest BCUT2D eigenvalue weighted by atomic mass is 35.5. The molecule has 0 saturated heterocycles. The van der Waals surface area contributed by atoms with Crippen LogP contribution in [0.3, 0.4) is 0 Å². The number of hydrazone groups is 1. The largest absolute Gasteiger partial charge is 0.493 e. The van der Waals surface area contributed by atoms with Gasteiger partial charge in [-0.1, -0.05) is 36.5 Å². The van der Waals surface area contributed by atoms with E-state index in [1.165, 1.54) is 12.3 Å². The van der Waals surface area contributed by atoms with Gasteiger partial charge in [-0.15, -0.1) is 0 Å². The SMILES string of the molecule is CCCCOc1ccc(/C=N/NC(=O)c2ccc(Cl)cc2Cl)cc1OC. The number of benzene rings is 2. The Balaban J connectivity index is 2.02. The molecular formula is C19H20Cl2N2O3. The van der Waals surface area contributed by atoms with Crippen LogP contribution in [0.1, 0.15) is 35.7 Å². The van der Waals surface area contributed by atoms with Crippen molar-refractivity contribution in [1.29, 1.82) is 0 Å². The van der Waals surface area contributed by atoms with E-state index in [1.807, 2.05) is 12.1 Å². The highest BCUT2D eigenvalue weighted by Crippen LogP contribution is 2.27. The zero-order valence-corrected chi connectivity index (χ0v) is 16.1. The van der Waals surface area contributed by atoms with Gasteiger partial charge in [0, 0.05) is 5.02 Å². The predicted octanol–water partition coefficient (Wildman–Crippen LogP) is 4.94. The molecule has 0 aromatic heterocycles. The van der Waals surface area contributed by atoms with Crippen LogP contribution >= 0.6 is 23.2 Å². The second-order valence-electron chi connectivity index (χ2n) is 5.44. The Labute approximate surface area is 162 Å². The number of methoxy groups -OCH3 is 1. The van der Waals surface area contributed by atoms with Crippen LogP contribution in [-0.2, 0) is 0 Å². The Morgan fingerprint density at radius 2 is 2.00 bits per heavy atom. The number of hydrogen-bond acceptors (Lipinski definition) is 4. The molecule has 2 aromatic rings. The van der Waals surface area contributed by atoms with Gasteiger partial charge in [0.15, 0.2) is 11.5 Å². The highest BCUT2D eigenvalue weighted by Gasteiger charge is 2.10. The van der Waals surface area contributed by atoms with Gasteiger partial charge in [0.1, 0.15) is 0 Å². The molecule has 1 amide bonds. The average molecular weight is 395 g/mol. The fourth-order valence-electron chi connectivity index (χ4n) is 2.11. The third-order valence-corrected chi connectivity index (χ3v) is 4.05. The van der Waals surface area contributed by atoms with Gasteiger partial charge in [0.05, 0.1) is 30.5 Å². The van der Waals surface area contributed by atoms with Crippen LogP contribution in [0.2, 0.25) is 10.0 Å². The van der Waals surface area contributed by atoms with Crippen molar-refractivity contribution in [3.8, 4) is 11.5 Å². The zero-order valence-electron chi connectivity index (χ0n) is 14.6. The second kappa shape index (κ2) is 10.0. The summed E-state index contributed by atoms with van der Waals surface area (Å²) in [6, 6.07) is 10.1. The maximum atomic E-state index is 12.1. The number of nitrogens with zero attached hydrogens (tertiary/aromatic N) is 1. The first kappa shape index (κ1) is 20.1. The van der Waals surface area contributed by atoms with Crippen LogP contribution in [0.25, 0.3) is 0 Å². The van der Waals surface area contributed by atoms with Crippen LogP contribution < -0.4 is 14.9 Å². The molecule has 2 rings (SSSR count). The van der Waals surface area contributed by atoms with Crippen molar-refractivity contribution in [1.82, 2.24) is 5.43 Å². The van der Waals surface area contributed by atoms with Crippen molar-refractivity contribution < 1.29 is 14.3 Å². The van der Waals surface area contributed by atoms with E-state index in [2.05, 4.69) is 17.5 Å². The van der Waals surface area contributed by atoms with Crippen molar-refractivity contribution in [3.05, 3.63) is 57.6 Å². The van der Waals surface area contributed by atoms with Gasteiger partial charge in [0.2, 0.25) is 0 Å². The zero-order chi connectivity index (χ0) is 18.9. The lowest BCUT2D eigenvalue weighted by molar-refractivity contribution is 0.0955. The summed E-state index contributed by atoms with van der Waals surface area (Å²) >= 11 is 11.8. The van der Waals surface area contributed by atoms with Gasteiger partial charge in [-0.25, -0.2) is 5.43 Å². The van der Waals surface area contributed by atoms with E-state index in [9.17, 15) is 4.79 Å². The predicted molar refractivity (Wildman–Crippen MR) is 105 cm³/mol. The summed E-state index contributed by atoms with van der Waals surface area (Å²) < 4.78 is 11.0. The summed E-state index contributed by atoms with van der Waals surface area (Å²) in [6.45, 7) is 2.74. The highest BCUT2D eigenvalue weighted by molar-refractivity contribution is 6.36. The molecule has 0 aliphatic rings. The van der Waals surface area contributed by atoms with Crippen LogP contribution in [-0.4, -0.2) is 25.8 Å². The molecule has 7 heteroatoms. The molecule has 0 bridgehead atoms. The fourth-order valence-corrected chi connectivity index (χ4v) is 2.60. The first-order valence-corrected chi connectivity index (χ1v) is 8.90. The molecule has 0 fully saturated rings. The summed E-state index contributed by atoms with van der Waals surface area (Å²) in [5, 5.41) is 4.68. The average Bonchev–Trinajstić information content (AvgIpc) is 2.62. The molecule has 0 atom stereocenters. The summed E-state index contributed by atoms with van der Waals surface area (Å²) in [6.07, 6.45) is 3.55. The maximum Gasteiger partial charge on any atom is 0.272 e. The van der Waals surface area contributed by atoms with Crippen LogP contribution in [0.4, 0.5) is 0 Å². The van der Waals surface area contributed by atoms with Crippen molar-refractivity contribution in [2.24, 2.45) is 5.10 Å². The summed E-state index contributed by atoms with van der Waals surface area (Å²) in [5.74, 6) is 0.863. The molecule has 0 spiro atoms. The topological polar surface area (TPSA) is 59.9 Å². The van der Waals surface area contributed by atoms with Gasteiger partial charge in [-0.2, -0.15) is 5.10 Å². The molecule has 26 heavy (non-hydrogen) atoms. The monoisotopic (exact) mass is 394 g/mol. The standard InChI is InChI=1S/C19H20Cl2N2O3/c1-3-4-9-26-17-8-5-13(10-18(17)25-2)12-22-23-19(24)15-7-6-14(20)11-16(15)21/h5-8,10-12H,3-4,9H2,1-2H3,(H,23,24)/b22-12+. The van der Waals surface area contributed by atoms with Gasteiger partial charge in [-0.05, 0) is 48.4 Å². The van der Waals surface area contributed by atoms with E-state index in [1.54, 1.807) is 25.3 Å². The summed E-state index contributed by atoms with van der Waals surface area (Å²) in [7, 11) is 1.58. The molecule has 2 aromatic carbocycles. The van der Waals surface area contributed by atoms with Crippen LogP contribution in [0.5, 0.6) is 11.5 Å². The van der Waals surface area contributed by atoms with Crippen LogP contribution in [0.15, 0.2) is 41.5 Å². The van der Waals surface area contributed by atoms with Gasteiger partial charge in [-0.3, -0.25) is 4.79 Å². The molecular weight excluding hydrogens is 375 g/mol. The number of carbonyl (C=O) groups excluding carboxylic acids is 1. The molecule has 0 aliphatic carbocycles. The number of ether oxygens (including phenoxy) is 2. The first-order chi connectivity index (χ1) is 12.5. The fraction of sp³-hybridized carbons (Fsp3) is 0.263. The molecule has 5 nitrogen and oxygen atoms in total. The first-order valence-electron chi connectivity index (χ1n) is 8.14. The normalized spacial score (nSPS) is 10.8. The maximum absolute atomic E-state index is 12.1. The molecule has 1 N–H and O–H groups in total. The van der Waals surface area contributed by atoms with Crippen molar-refractivity contribution in [2.45, 2.75) is 19.8 Å². The summed E-state index contributed by atoms with van der Waals surface area (Å²) in [5.41, 5.74) is 3.49. The Bertz CT molecular complexity index is 794. The van der Waals surface area contributed by atoms with Crippen molar-refractivity contribution >= 4 is 35.3 Å². The number of hydrogen-bond donors (Lipinski definition) is 1. The van der Waals surface area contributed by atoms with Gasteiger partial charge in [0.25, 0.3) is 5.91 Å². The molecule has 0 saturated carbocycles. The third kappa shape index (κ3) is 5.64. The Morgan fingerprint density at radius 1 is 1.19 bits per heavy atom. The molecule has 0 unspecified atom stereocenters. The quantitative estimate of drug-likeness (QED) is 0.391. The lowest BCUT2D eigenvalue weighted by atomic mass is 10.2. The summed E-state index contributed by atoms with van der Waals surface area (Å²) in [4.78, 5) is 12.1. The smallest absolute Gasteiger partial charge is 0.272 e. The van der Waals surface area contributed by atoms with Crippen molar-refractivity contribution in [3.63, 3.8) is 0 Å². The number of carbonyl (C=O) groups is 1. The van der Waals surface area contributed by atoms with E-state index < -0.39 is 5.91 Å². The number of rotatable bonds is 8. The molecule has 0 radical (unpaired) electrons. The minimum Gasteiger partial charge on any atom is -0.493 e. The van der Waals surface area contributed by atoms with Crippen molar-refractivity contribution in [2.75, 3.05) is 13.7 Å². The number of nitrogens with one attached hydrogen (secondary N) is 1. The third-order valence-electron chi connectivity index (χ3n) is 3.50. The van der Waals surface area contributed by atoms with E-state index in [-0.39, 0.29) is 5.02 Å². The lowest BCUT2D eigenvalue weighted by Gasteiger charge is -2.10. The lowest BCUT2D eigenvalue weighted by Crippen LogP contribution is -2.18. The minimum atomic E-state index is -0.422. The Morgan fingerprint density at radius 3 is 2.69 bits per heavy atom. The number of amides is 1. The van der Waals surface area contributed by atoms with E-state index in [4.69, 9.17) is 32.7 Å². The molecule has 0 aliphatic heterocycles.